The van der Waals surface area contributed by atoms with Crippen LogP contribution in [0, 0.1) is 0 Å². The van der Waals surface area contributed by atoms with Gasteiger partial charge in [-0.2, -0.15) is 0 Å². The van der Waals surface area contributed by atoms with Gasteiger partial charge < -0.3 is 9.30 Å². The molecule has 0 aliphatic heterocycles. The molecule has 0 radical (unpaired) electrons. The lowest BCUT2D eigenvalue weighted by Gasteiger charge is -1.97. The average molecular weight is 311 g/mol. The smallest absolute Gasteiger partial charge is 0.358 e. The van der Waals surface area contributed by atoms with Crippen LogP contribution in [0.25, 0.3) is 5.65 Å². The summed E-state index contributed by atoms with van der Waals surface area (Å²) in [4.78, 5) is 20.2. The van der Waals surface area contributed by atoms with Gasteiger partial charge in [0.1, 0.15) is 0 Å². The molecule has 23 heavy (non-hydrogen) atoms. The van der Waals surface area contributed by atoms with Gasteiger partial charge in [0.05, 0.1) is 19.5 Å². The zero-order valence-electron chi connectivity index (χ0n) is 12.8. The number of ether oxygens (including phenoxy) is 1. The molecule has 0 spiro atoms. The molecule has 0 bridgehead atoms. The summed E-state index contributed by atoms with van der Waals surface area (Å²) in [5.41, 5.74) is 2.45. The van der Waals surface area contributed by atoms with Crippen molar-refractivity contribution in [1.29, 1.82) is 0 Å². The largest absolute Gasteiger partial charge is 0.461 e. The minimum Gasteiger partial charge on any atom is -0.461 e. The average Bonchev–Trinajstić information content (AvgIpc) is 3.15. The number of carbonyl (C=O) groups is 1. The van der Waals surface area contributed by atoms with Crippen LogP contribution in [0.15, 0.2) is 30.9 Å². The predicted molar refractivity (Wildman–Crippen MR) is 82.2 cm³/mol. The van der Waals surface area contributed by atoms with E-state index >= 15 is 0 Å². The second-order valence-electron chi connectivity index (χ2n) is 5.72. The molecule has 118 valence electrons. The topological polar surface area (TPSA) is 74.3 Å². The fourth-order valence-corrected chi connectivity index (χ4v) is 2.59. The molecule has 0 unspecified atom stereocenters. The lowest BCUT2D eigenvalue weighted by molar-refractivity contribution is 0.0520. The number of pyridine rings is 1. The van der Waals surface area contributed by atoms with E-state index in [0.717, 1.165) is 5.65 Å². The fourth-order valence-electron chi connectivity index (χ4n) is 2.59. The van der Waals surface area contributed by atoms with Gasteiger partial charge in [-0.3, -0.25) is 0 Å². The van der Waals surface area contributed by atoms with Crippen LogP contribution in [0.2, 0.25) is 0 Å². The Morgan fingerprint density at radius 1 is 1.35 bits per heavy atom. The van der Waals surface area contributed by atoms with Gasteiger partial charge in [-0.25, -0.2) is 19.3 Å². The first-order valence-electron chi connectivity index (χ1n) is 7.77. The molecule has 0 amide bonds. The molecule has 1 aliphatic rings. The van der Waals surface area contributed by atoms with Crippen LogP contribution in [0.5, 0.6) is 0 Å². The van der Waals surface area contributed by atoms with E-state index in [2.05, 4.69) is 27.3 Å². The summed E-state index contributed by atoms with van der Waals surface area (Å²) in [5.74, 6) is 0.960. The number of nitrogens with zero attached hydrogens (tertiary/aromatic N) is 5. The highest BCUT2D eigenvalue weighted by molar-refractivity contribution is 5.86. The molecule has 0 aromatic carbocycles. The summed E-state index contributed by atoms with van der Waals surface area (Å²) in [6.07, 6.45) is 7.83. The van der Waals surface area contributed by atoms with Crippen molar-refractivity contribution in [1.82, 2.24) is 24.1 Å². The van der Waals surface area contributed by atoms with E-state index < -0.39 is 5.97 Å². The number of hydrogen-bond donors (Lipinski definition) is 0. The van der Waals surface area contributed by atoms with Gasteiger partial charge in [-0.15, -0.1) is 5.10 Å². The Morgan fingerprint density at radius 2 is 2.22 bits per heavy atom. The van der Waals surface area contributed by atoms with E-state index in [1.165, 1.54) is 18.4 Å². The lowest BCUT2D eigenvalue weighted by Crippen LogP contribution is -2.05. The first-order valence-corrected chi connectivity index (χ1v) is 7.77. The van der Waals surface area contributed by atoms with Crippen LogP contribution in [0.3, 0.4) is 0 Å². The molecule has 3 heterocycles. The van der Waals surface area contributed by atoms with Gasteiger partial charge in [0.15, 0.2) is 17.2 Å². The summed E-state index contributed by atoms with van der Waals surface area (Å²) in [7, 11) is 0. The lowest BCUT2D eigenvalue weighted by atomic mass is 10.2. The predicted octanol–water partition coefficient (Wildman–Crippen LogP) is 2.03. The summed E-state index contributed by atoms with van der Waals surface area (Å²) in [6.45, 7) is 2.57. The summed E-state index contributed by atoms with van der Waals surface area (Å²) in [5, 5.41) is 4.51. The molecule has 0 N–H and O–H groups in total. The van der Waals surface area contributed by atoms with Crippen molar-refractivity contribution >= 4 is 11.6 Å². The van der Waals surface area contributed by atoms with Gasteiger partial charge in [0, 0.05) is 12.4 Å². The Hall–Kier alpha value is -2.70. The van der Waals surface area contributed by atoms with Crippen LogP contribution in [-0.4, -0.2) is 36.7 Å². The van der Waals surface area contributed by atoms with Crippen molar-refractivity contribution in [2.75, 3.05) is 6.61 Å². The monoisotopic (exact) mass is 311 g/mol. The van der Waals surface area contributed by atoms with E-state index in [1.807, 2.05) is 10.6 Å². The van der Waals surface area contributed by atoms with Crippen molar-refractivity contribution in [3.05, 3.63) is 47.9 Å². The third kappa shape index (κ3) is 2.81. The molecule has 1 fully saturated rings. The van der Waals surface area contributed by atoms with Gasteiger partial charge in [-0.05, 0) is 37.3 Å². The summed E-state index contributed by atoms with van der Waals surface area (Å²) < 4.78 is 8.54. The molecule has 1 saturated carbocycles. The standard InChI is InChI=1S/C16H17N5O2/c1-2-23-16(22)13-8-20(10-17-13)9-14-18-15-6-5-12(11-3-4-11)7-21(15)19-14/h5-8,10-11H,2-4,9H2,1H3. The van der Waals surface area contributed by atoms with E-state index in [1.54, 1.807) is 24.0 Å². The second kappa shape index (κ2) is 5.49. The van der Waals surface area contributed by atoms with Crippen LogP contribution in [0.1, 0.15) is 47.6 Å². The molecule has 3 aromatic rings. The van der Waals surface area contributed by atoms with Crippen molar-refractivity contribution in [3.8, 4) is 0 Å². The summed E-state index contributed by atoms with van der Waals surface area (Å²) in [6, 6.07) is 4.13. The zero-order valence-corrected chi connectivity index (χ0v) is 12.8. The zero-order chi connectivity index (χ0) is 15.8. The van der Waals surface area contributed by atoms with E-state index in [4.69, 9.17) is 4.74 Å². The highest BCUT2D eigenvalue weighted by atomic mass is 16.5. The van der Waals surface area contributed by atoms with Gasteiger partial charge in [0.25, 0.3) is 0 Å². The Kier molecular flexibility index (Phi) is 3.33. The molecule has 7 nitrogen and oxygen atoms in total. The van der Waals surface area contributed by atoms with Crippen LogP contribution in [0.4, 0.5) is 0 Å². The van der Waals surface area contributed by atoms with E-state index in [-0.39, 0.29) is 0 Å². The molecular weight excluding hydrogens is 294 g/mol. The van der Waals surface area contributed by atoms with Crippen molar-refractivity contribution in [3.63, 3.8) is 0 Å². The third-order valence-corrected chi connectivity index (χ3v) is 3.89. The van der Waals surface area contributed by atoms with Crippen LogP contribution >= 0.6 is 0 Å². The number of imidazole rings is 1. The Morgan fingerprint density at radius 3 is 3.00 bits per heavy atom. The van der Waals surface area contributed by atoms with Crippen LogP contribution in [-0.2, 0) is 11.3 Å². The van der Waals surface area contributed by atoms with Gasteiger partial charge >= 0.3 is 5.97 Å². The van der Waals surface area contributed by atoms with E-state index in [9.17, 15) is 4.79 Å². The Balaban J connectivity index is 1.54. The molecule has 0 atom stereocenters. The number of esters is 1. The fraction of sp³-hybridized carbons (Fsp3) is 0.375. The molecule has 3 aromatic heterocycles. The minimum absolute atomic E-state index is 0.298. The van der Waals surface area contributed by atoms with Gasteiger partial charge in [-0.1, -0.05) is 6.07 Å². The number of carbonyl (C=O) groups excluding carboxylic acids is 1. The third-order valence-electron chi connectivity index (χ3n) is 3.89. The van der Waals surface area contributed by atoms with Crippen molar-refractivity contribution < 1.29 is 9.53 Å². The SMILES string of the molecule is CCOC(=O)c1cn(Cc2nc3ccc(C4CC4)cn3n2)cn1. The molecule has 4 rings (SSSR count). The molecule has 1 aliphatic carbocycles. The minimum atomic E-state index is -0.414. The normalized spacial score (nSPS) is 14.3. The van der Waals surface area contributed by atoms with Crippen molar-refractivity contribution in [2.24, 2.45) is 0 Å². The Labute approximate surface area is 132 Å². The molecular formula is C16H17N5O2. The summed E-state index contributed by atoms with van der Waals surface area (Å²) >= 11 is 0. The number of aromatic nitrogens is 5. The van der Waals surface area contributed by atoms with E-state index in [0.29, 0.717) is 30.6 Å². The maximum atomic E-state index is 11.6. The first-order chi connectivity index (χ1) is 11.2. The van der Waals surface area contributed by atoms with Gasteiger partial charge in [0.2, 0.25) is 0 Å². The first kappa shape index (κ1) is 13.9. The Bertz CT molecular complexity index is 862. The molecule has 7 heteroatoms. The maximum Gasteiger partial charge on any atom is 0.358 e. The highest BCUT2D eigenvalue weighted by Gasteiger charge is 2.24. The van der Waals surface area contributed by atoms with Crippen LogP contribution < -0.4 is 0 Å². The maximum absolute atomic E-state index is 11.6. The highest BCUT2D eigenvalue weighted by Crippen LogP contribution is 2.39. The molecule has 0 saturated heterocycles. The number of fused-ring (bicyclic) bond motifs is 1. The number of rotatable bonds is 5. The number of hydrogen-bond acceptors (Lipinski definition) is 5. The van der Waals surface area contributed by atoms with Crippen molar-refractivity contribution in [2.45, 2.75) is 32.2 Å². The quantitative estimate of drug-likeness (QED) is 0.674. The second-order valence-corrected chi connectivity index (χ2v) is 5.72.